The number of ketones is 1. The van der Waals surface area contributed by atoms with Gasteiger partial charge in [0.25, 0.3) is 0 Å². The van der Waals surface area contributed by atoms with Crippen LogP contribution in [0.3, 0.4) is 0 Å². The summed E-state index contributed by atoms with van der Waals surface area (Å²) in [5.74, 6) is 0.284. The van der Waals surface area contributed by atoms with Crippen molar-refractivity contribution in [2.75, 3.05) is 0 Å². The molecule has 96 valence electrons. The Morgan fingerprint density at radius 1 is 1.21 bits per heavy atom. The Labute approximate surface area is 110 Å². The van der Waals surface area contributed by atoms with E-state index < -0.39 is 0 Å². The molecule has 3 nitrogen and oxygen atoms in total. The summed E-state index contributed by atoms with van der Waals surface area (Å²) in [6, 6.07) is 4.72. The van der Waals surface area contributed by atoms with Gasteiger partial charge in [0.05, 0.1) is 11.3 Å². The maximum absolute atomic E-state index is 13.4. The molecule has 0 radical (unpaired) electrons. The van der Waals surface area contributed by atoms with Crippen molar-refractivity contribution < 1.29 is 9.18 Å². The molecule has 0 aliphatic heterocycles. The average Bonchev–Trinajstić information content (AvgIpc) is 2.37. The second kappa shape index (κ2) is 4.53. The molecule has 3 rings (SSSR count). The average molecular weight is 256 g/mol. The van der Waals surface area contributed by atoms with Crippen molar-refractivity contribution >= 4 is 5.78 Å². The summed E-state index contributed by atoms with van der Waals surface area (Å²) in [6.45, 7) is 1.83. The van der Waals surface area contributed by atoms with Crippen molar-refractivity contribution in [3.8, 4) is 11.4 Å². The molecule has 0 saturated carbocycles. The Kier molecular flexibility index (Phi) is 2.85. The van der Waals surface area contributed by atoms with Crippen LogP contribution in [0.15, 0.2) is 24.4 Å². The number of halogens is 1. The summed E-state index contributed by atoms with van der Waals surface area (Å²) in [5, 5.41) is 0. The van der Waals surface area contributed by atoms with Gasteiger partial charge in [-0.3, -0.25) is 4.79 Å². The Morgan fingerprint density at radius 2 is 2.05 bits per heavy atom. The van der Waals surface area contributed by atoms with Gasteiger partial charge in [-0.1, -0.05) is 0 Å². The lowest BCUT2D eigenvalue weighted by molar-refractivity contribution is 0.0971. The number of hydrogen-bond donors (Lipinski definition) is 0. The molecule has 0 saturated heterocycles. The summed E-state index contributed by atoms with van der Waals surface area (Å²) in [7, 11) is 0. The molecule has 0 atom stereocenters. The highest BCUT2D eigenvalue weighted by molar-refractivity contribution is 5.97. The smallest absolute Gasteiger partial charge is 0.166 e. The predicted molar refractivity (Wildman–Crippen MR) is 69.4 cm³/mol. The first-order valence-corrected chi connectivity index (χ1v) is 6.30. The Balaban J connectivity index is 2.09. The van der Waals surface area contributed by atoms with E-state index in [2.05, 4.69) is 9.97 Å². The van der Waals surface area contributed by atoms with Gasteiger partial charge in [0, 0.05) is 18.2 Å². The normalized spacial score (nSPS) is 14.3. The third kappa shape index (κ3) is 2.26. The summed E-state index contributed by atoms with van der Waals surface area (Å²) >= 11 is 0. The molecule has 1 aromatic carbocycles. The molecular weight excluding hydrogens is 243 g/mol. The van der Waals surface area contributed by atoms with Crippen molar-refractivity contribution in [3.05, 3.63) is 47.0 Å². The highest BCUT2D eigenvalue weighted by atomic mass is 19.1. The summed E-state index contributed by atoms with van der Waals surface area (Å²) in [5.41, 5.74) is 2.87. The fourth-order valence-corrected chi connectivity index (χ4v) is 2.40. The Morgan fingerprint density at radius 3 is 2.84 bits per heavy atom. The van der Waals surface area contributed by atoms with Crippen LogP contribution >= 0.6 is 0 Å². The number of fused-ring (bicyclic) bond motifs is 1. The first-order valence-electron chi connectivity index (χ1n) is 6.30. The second-order valence-corrected chi connectivity index (χ2v) is 4.85. The van der Waals surface area contributed by atoms with Crippen molar-refractivity contribution in [1.82, 2.24) is 9.97 Å². The first kappa shape index (κ1) is 12.0. The summed E-state index contributed by atoms with van der Waals surface area (Å²) < 4.78 is 13.4. The molecule has 1 aliphatic rings. The summed E-state index contributed by atoms with van der Waals surface area (Å²) in [6.07, 6.45) is 3.74. The van der Waals surface area contributed by atoms with E-state index in [1.54, 1.807) is 6.20 Å². The quantitative estimate of drug-likeness (QED) is 0.787. The minimum atomic E-state index is -0.299. The molecule has 4 heteroatoms. The number of hydrogen-bond acceptors (Lipinski definition) is 3. The maximum atomic E-state index is 13.4. The van der Waals surface area contributed by atoms with E-state index in [0.717, 1.165) is 24.1 Å². The largest absolute Gasteiger partial charge is 0.294 e. The lowest BCUT2D eigenvalue weighted by Gasteiger charge is -2.14. The predicted octanol–water partition coefficient (Wildman–Crippen LogP) is 3.11. The van der Waals surface area contributed by atoms with Gasteiger partial charge in [-0.05, 0) is 43.5 Å². The number of rotatable bonds is 1. The molecule has 0 unspecified atom stereocenters. The molecule has 1 heterocycles. The van der Waals surface area contributed by atoms with E-state index in [1.807, 2.05) is 13.0 Å². The summed E-state index contributed by atoms with van der Waals surface area (Å²) in [4.78, 5) is 20.3. The van der Waals surface area contributed by atoms with Gasteiger partial charge in [0.1, 0.15) is 5.82 Å². The molecule has 0 bridgehead atoms. The van der Waals surface area contributed by atoms with E-state index in [9.17, 15) is 9.18 Å². The molecule has 0 N–H and O–H groups in total. The number of benzene rings is 1. The molecule has 1 aliphatic carbocycles. The molecule has 0 fully saturated rings. The van der Waals surface area contributed by atoms with E-state index in [4.69, 9.17) is 0 Å². The lowest BCUT2D eigenvalue weighted by Crippen LogP contribution is -2.13. The number of carbonyl (C=O) groups excluding carboxylic acids is 1. The molecule has 1 aromatic heterocycles. The number of nitrogens with zero attached hydrogens (tertiary/aromatic N) is 2. The van der Waals surface area contributed by atoms with Crippen LogP contribution in [0.2, 0.25) is 0 Å². The van der Waals surface area contributed by atoms with E-state index in [1.165, 1.54) is 12.1 Å². The molecular formula is C15H13FN2O. The van der Waals surface area contributed by atoms with Crippen LogP contribution in [-0.4, -0.2) is 15.8 Å². The Bertz CT molecular complexity index is 647. The van der Waals surface area contributed by atoms with Gasteiger partial charge >= 0.3 is 0 Å². The maximum Gasteiger partial charge on any atom is 0.166 e. The minimum absolute atomic E-state index is 0.100. The van der Waals surface area contributed by atoms with Crippen LogP contribution in [0.5, 0.6) is 0 Å². The highest BCUT2D eigenvalue weighted by Gasteiger charge is 2.19. The van der Waals surface area contributed by atoms with Crippen LogP contribution in [0.1, 0.15) is 34.5 Å². The van der Waals surface area contributed by atoms with Crippen molar-refractivity contribution in [2.24, 2.45) is 0 Å². The van der Waals surface area contributed by atoms with Gasteiger partial charge in [-0.15, -0.1) is 0 Å². The van der Waals surface area contributed by atoms with Gasteiger partial charge in [-0.25, -0.2) is 14.4 Å². The Hall–Kier alpha value is -2.10. The van der Waals surface area contributed by atoms with Crippen LogP contribution in [0.4, 0.5) is 4.39 Å². The standard InChI is InChI=1S/C15H13FN2O/c1-9-5-10(7-11(16)6-9)15-17-8-12-13(18-15)3-2-4-14(12)19/h5-8H,2-4H2,1H3. The zero-order valence-corrected chi connectivity index (χ0v) is 10.6. The SMILES string of the molecule is Cc1cc(F)cc(-c2ncc3c(n2)CCCC3=O)c1. The number of carbonyl (C=O) groups is 1. The fraction of sp³-hybridized carbons (Fsp3) is 0.267. The highest BCUT2D eigenvalue weighted by Crippen LogP contribution is 2.23. The van der Waals surface area contributed by atoms with Gasteiger partial charge in [0.2, 0.25) is 0 Å². The molecule has 0 spiro atoms. The zero-order valence-electron chi connectivity index (χ0n) is 10.6. The second-order valence-electron chi connectivity index (χ2n) is 4.85. The molecule has 2 aromatic rings. The molecule has 19 heavy (non-hydrogen) atoms. The van der Waals surface area contributed by atoms with E-state index in [0.29, 0.717) is 23.4 Å². The van der Waals surface area contributed by atoms with Crippen LogP contribution in [0, 0.1) is 12.7 Å². The van der Waals surface area contributed by atoms with Crippen molar-refractivity contribution in [1.29, 1.82) is 0 Å². The van der Waals surface area contributed by atoms with Crippen LogP contribution < -0.4 is 0 Å². The van der Waals surface area contributed by atoms with Gasteiger partial charge < -0.3 is 0 Å². The van der Waals surface area contributed by atoms with Gasteiger partial charge in [-0.2, -0.15) is 0 Å². The number of Topliss-reactive ketones (excluding diaryl/α,β-unsaturated/α-hetero) is 1. The van der Waals surface area contributed by atoms with Crippen LogP contribution in [-0.2, 0) is 6.42 Å². The van der Waals surface area contributed by atoms with Crippen molar-refractivity contribution in [2.45, 2.75) is 26.2 Å². The number of aryl methyl sites for hydroxylation is 2. The van der Waals surface area contributed by atoms with Crippen LogP contribution in [0.25, 0.3) is 11.4 Å². The molecule has 0 amide bonds. The van der Waals surface area contributed by atoms with E-state index >= 15 is 0 Å². The van der Waals surface area contributed by atoms with Crippen molar-refractivity contribution in [3.63, 3.8) is 0 Å². The third-order valence-electron chi connectivity index (χ3n) is 3.29. The third-order valence-corrected chi connectivity index (χ3v) is 3.29. The lowest BCUT2D eigenvalue weighted by atomic mass is 9.96. The minimum Gasteiger partial charge on any atom is -0.294 e. The fourth-order valence-electron chi connectivity index (χ4n) is 2.40. The van der Waals surface area contributed by atoms with E-state index in [-0.39, 0.29) is 11.6 Å². The van der Waals surface area contributed by atoms with Gasteiger partial charge in [0.15, 0.2) is 11.6 Å². The number of aromatic nitrogens is 2. The topological polar surface area (TPSA) is 42.9 Å². The zero-order chi connectivity index (χ0) is 13.4. The first-order chi connectivity index (χ1) is 9.13. The monoisotopic (exact) mass is 256 g/mol.